The summed E-state index contributed by atoms with van der Waals surface area (Å²) in [5.74, 6) is 1.37. The Labute approximate surface area is 166 Å². The van der Waals surface area contributed by atoms with Crippen LogP contribution in [0.2, 0.25) is 0 Å². The van der Waals surface area contributed by atoms with E-state index in [4.69, 9.17) is 9.47 Å². The first kappa shape index (κ1) is 18.5. The minimum absolute atomic E-state index is 0.0453. The molecular weight excluding hydrogens is 372 g/mol. The molecule has 144 valence electrons. The Balaban J connectivity index is 1.83. The minimum atomic E-state index is -0.0453. The molecule has 6 heteroatoms. The molecule has 0 radical (unpaired) electrons. The first-order valence-electron chi connectivity index (χ1n) is 9.26. The highest BCUT2D eigenvalue weighted by Crippen LogP contribution is 2.28. The van der Waals surface area contributed by atoms with Gasteiger partial charge in [-0.25, -0.2) is 9.38 Å². The van der Waals surface area contributed by atoms with Gasteiger partial charge in [0.25, 0.3) is 5.56 Å². The molecule has 0 saturated heterocycles. The van der Waals surface area contributed by atoms with E-state index in [2.05, 4.69) is 18.8 Å². The summed E-state index contributed by atoms with van der Waals surface area (Å²) < 4.78 is 13.5. The molecule has 0 fully saturated rings. The van der Waals surface area contributed by atoms with E-state index in [-0.39, 0.29) is 5.56 Å². The third kappa shape index (κ3) is 3.14. The van der Waals surface area contributed by atoms with E-state index in [9.17, 15) is 4.79 Å². The Morgan fingerprint density at radius 3 is 2.68 bits per heavy atom. The molecule has 0 bridgehead atoms. The third-order valence-electron chi connectivity index (χ3n) is 4.80. The number of imidazole rings is 1. The predicted octanol–water partition coefficient (Wildman–Crippen LogP) is 3.87. The van der Waals surface area contributed by atoms with Crippen molar-refractivity contribution in [3.63, 3.8) is 0 Å². The summed E-state index contributed by atoms with van der Waals surface area (Å²) in [6, 6.07) is 9.77. The average Bonchev–Trinajstić information content (AvgIpc) is 3.17. The van der Waals surface area contributed by atoms with E-state index >= 15 is 0 Å². The number of aryl methyl sites for hydroxylation is 2. The van der Waals surface area contributed by atoms with Gasteiger partial charge in [-0.15, -0.1) is 0 Å². The van der Waals surface area contributed by atoms with E-state index in [0.29, 0.717) is 27.6 Å². The van der Waals surface area contributed by atoms with Crippen molar-refractivity contribution in [3.05, 3.63) is 61.9 Å². The van der Waals surface area contributed by atoms with E-state index in [1.54, 1.807) is 11.5 Å². The van der Waals surface area contributed by atoms with Gasteiger partial charge in [0.1, 0.15) is 0 Å². The predicted molar refractivity (Wildman–Crippen MR) is 114 cm³/mol. The minimum Gasteiger partial charge on any atom is -0.493 e. The van der Waals surface area contributed by atoms with Crippen LogP contribution in [-0.4, -0.2) is 23.1 Å². The lowest BCUT2D eigenvalue weighted by atomic mass is 10.1. The summed E-state index contributed by atoms with van der Waals surface area (Å²) in [6.45, 7) is 6.80. The van der Waals surface area contributed by atoms with Crippen molar-refractivity contribution in [2.24, 2.45) is 0 Å². The van der Waals surface area contributed by atoms with Crippen LogP contribution in [0.15, 0.2) is 35.1 Å². The maximum atomic E-state index is 13.0. The van der Waals surface area contributed by atoms with Gasteiger partial charge >= 0.3 is 0 Å². The number of hydrogen-bond donors (Lipinski definition) is 0. The van der Waals surface area contributed by atoms with Crippen LogP contribution < -0.4 is 19.6 Å². The van der Waals surface area contributed by atoms with Crippen molar-refractivity contribution in [2.45, 2.75) is 27.2 Å². The summed E-state index contributed by atoms with van der Waals surface area (Å²) >= 11 is 1.40. The highest BCUT2D eigenvalue weighted by atomic mass is 32.1. The van der Waals surface area contributed by atoms with Crippen LogP contribution in [0, 0.1) is 13.8 Å². The first-order chi connectivity index (χ1) is 13.5. The van der Waals surface area contributed by atoms with Gasteiger partial charge in [0.2, 0.25) is 0 Å². The molecular formula is C22H22N2O3S. The topological polar surface area (TPSA) is 52.8 Å². The lowest BCUT2D eigenvalue weighted by Crippen LogP contribution is -2.22. The number of thiazole rings is 1. The Kier molecular flexibility index (Phi) is 4.81. The molecule has 0 amide bonds. The van der Waals surface area contributed by atoms with Gasteiger partial charge < -0.3 is 9.47 Å². The zero-order valence-electron chi connectivity index (χ0n) is 16.4. The molecule has 28 heavy (non-hydrogen) atoms. The fourth-order valence-corrected chi connectivity index (χ4v) is 4.16. The monoisotopic (exact) mass is 394 g/mol. The van der Waals surface area contributed by atoms with Crippen LogP contribution >= 0.6 is 11.3 Å². The largest absolute Gasteiger partial charge is 0.493 e. The van der Waals surface area contributed by atoms with Crippen molar-refractivity contribution in [3.8, 4) is 11.5 Å². The lowest BCUT2D eigenvalue weighted by Gasteiger charge is -2.10. The molecule has 0 spiro atoms. The Hall–Kier alpha value is -2.86. The Morgan fingerprint density at radius 1 is 1.14 bits per heavy atom. The zero-order chi connectivity index (χ0) is 19.8. The van der Waals surface area contributed by atoms with E-state index in [1.807, 2.05) is 43.3 Å². The number of nitrogens with zero attached hydrogens (tertiary/aromatic N) is 2. The molecule has 0 atom stereocenters. The molecule has 0 unspecified atom stereocenters. The quantitative estimate of drug-likeness (QED) is 0.516. The van der Waals surface area contributed by atoms with E-state index in [1.165, 1.54) is 16.9 Å². The number of benzene rings is 2. The molecule has 0 aliphatic rings. The molecule has 2 heterocycles. The van der Waals surface area contributed by atoms with Gasteiger partial charge in [0.05, 0.1) is 29.3 Å². The number of fused-ring (bicyclic) bond motifs is 3. The fraction of sp³-hybridized carbons (Fsp3) is 0.273. The van der Waals surface area contributed by atoms with Crippen LogP contribution in [0.4, 0.5) is 0 Å². The van der Waals surface area contributed by atoms with Gasteiger partial charge in [-0.3, -0.25) is 4.79 Å². The smallest absolute Gasteiger partial charge is 0.274 e. The summed E-state index contributed by atoms with van der Waals surface area (Å²) in [5.41, 5.74) is 4.89. The van der Waals surface area contributed by atoms with Gasteiger partial charge in [0.15, 0.2) is 16.5 Å². The van der Waals surface area contributed by atoms with Gasteiger partial charge in [-0.2, -0.15) is 0 Å². The number of rotatable bonds is 5. The SMILES string of the molecule is CCCOc1ccc(/C=c2\sc3nc4cc(C)c(C)cc4n3c2=O)cc1OC. The Morgan fingerprint density at radius 2 is 1.93 bits per heavy atom. The van der Waals surface area contributed by atoms with Gasteiger partial charge in [0, 0.05) is 0 Å². The maximum Gasteiger partial charge on any atom is 0.274 e. The average molecular weight is 394 g/mol. The highest BCUT2D eigenvalue weighted by Gasteiger charge is 2.13. The molecule has 5 nitrogen and oxygen atoms in total. The van der Waals surface area contributed by atoms with E-state index in [0.717, 1.165) is 28.6 Å². The van der Waals surface area contributed by atoms with Crippen molar-refractivity contribution >= 4 is 33.4 Å². The molecule has 0 saturated carbocycles. The van der Waals surface area contributed by atoms with Crippen LogP contribution in [0.1, 0.15) is 30.0 Å². The van der Waals surface area contributed by atoms with Crippen molar-refractivity contribution in [1.82, 2.24) is 9.38 Å². The van der Waals surface area contributed by atoms with E-state index < -0.39 is 0 Å². The second-order valence-corrected chi connectivity index (χ2v) is 7.84. The standard InChI is InChI=1S/C22H22N2O3S/c1-5-8-27-18-7-6-15(11-19(18)26-4)12-20-21(25)24-17-10-14(3)13(2)9-16(17)23-22(24)28-20/h6-7,9-12H,5,8H2,1-4H3/b20-12-. The number of ether oxygens (including phenoxy) is 2. The highest BCUT2D eigenvalue weighted by molar-refractivity contribution is 7.15. The molecule has 0 N–H and O–H groups in total. The first-order valence-corrected chi connectivity index (χ1v) is 10.1. The van der Waals surface area contributed by atoms with Crippen LogP contribution in [0.25, 0.3) is 22.1 Å². The Bertz CT molecular complexity index is 1290. The summed E-state index contributed by atoms with van der Waals surface area (Å²) in [7, 11) is 1.62. The van der Waals surface area contributed by atoms with Crippen LogP contribution in [0.5, 0.6) is 11.5 Å². The van der Waals surface area contributed by atoms with Crippen LogP contribution in [-0.2, 0) is 0 Å². The van der Waals surface area contributed by atoms with Crippen molar-refractivity contribution in [1.29, 1.82) is 0 Å². The third-order valence-corrected chi connectivity index (χ3v) is 5.77. The zero-order valence-corrected chi connectivity index (χ0v) is 17.2. The second-order valence-electron chi connectivity index (χ2n) is 6.83. The van der Waals surface area contributed by atoms with Crippen LogP contribution in [0.3, 0.4) is 0 Å². The van der Waals surface area contributed by atoms with Crippen molar-refractivity contribution in [2.75, 3.05) is 13.7 Å². The summed E-state index contributed by atoms with van der Waals surface area (Å²) in [6.07, 6.45) is 2.80. The number of methoxy groups -OCH3 is 1. The van der Waals surface area contributed by atoms with Gasteiger partial charge in [-0.1, -0.05) is 24.3 Å². The molecule has 0 aliphatic heterocycles. The lowest BCUT2D eigenvalue weighted by molar-refractivity contribution is 0.294. The maximum absolute atomic E-state index is 13.0. The van der Waals surface area contributed by atoms with Gasteiger partial charge in [-0.05, 0) is 67.3 Å². The molecule has 4 rings (SSSR count). The number of hydrogen-bond acceptors (Lipinski definition) is 5. The normalized spacial score (nSPS) is 12.2. The van der Waals surface area contributed by atoms with Crippen molar-refractivity contribution < 1.29 is 9.47 Å². The molecule has 4 aromatic rings. The fourth-order valence-electron chi connectivity index (χ4n) is 3.18. The summed E-state index contributed by atoms with van der Waals surface area (Å²) in [5, 5.41) is 0. The molecule has 2 aromatic carbocycles. The number of aromatic nitrogens is 2. The summed E-state index contributed by atoms with van der Waals surface area (Å²) in [4.78, 5) is 18.4. The second kappa shape index (κ2) is 7.28. The molecule has 0 aliphatic carbocycles. The molecule has 2 aromatic heterocycles.